The second-order valence-corrected chi connectivity index (χ2v) is 6.88. The summed E-state index contributed by atoms with van der Waals surface area (Å²) in [5.41, 5.74) is 2.29. The molecule has 0 amide bonds. The lowest BCUT2D eigenvalue weighted by atomic mass is 10.2. The Morgan fingerprint density at radius 3 is 3.00 bits per heavy atom. The molecule has 0 bridgehead atoms. The number of rotatable bonds is 6. The molecule has 1 aromatic heterocycles. The summed E-state index contributed by atoms with van der Waals surface area (Å²) in [7, 11) is 0. The van der Waals surface area contributed by atoms with Gasteiger partial charge in [0.2, 0.25) is 0 Å². The highest BCUT2D eigenvalue weighted by atomic mass is 79.9. The lowest BCUT2D eigenvalue weighted by Crippen LogP contribution is -2.15. The Kier molecular flexibility index (Phi) is 4.38. The van der Waals surface area contributed by atoms with Crippen molar-refractivity contribution in [3.63, 3.8) is 0 Å². The Labute approximate surface area is 131 Å². The molecule has 0 unspecified atom stereocenters. The summed E-state index contributed by atoms with van der Waals surface area (Å²) in [5.74, 6) is 0.897. The second kappa shape index (κ2) is 6.24. The molecule has 1 aliphatic rings. The van der Waals surface area contributed by atoms with Crippen LogP contribution in [0.25, 0.3) is 0 Å². The van der Waals surface area contributed by atoms with Crippen molar-refractivity contribution in [2.45, 2.75) is 39.0 Å². The molecule has 0 saturated heterocycles. The molecule has 1 fully saturated rings. The van der Waals surface area contributed by atoms with Crippen molar-refractivity contribution < 1.29 is 4.74 Å². The van der Waals surface area contributed by atoms with Gasteiger partial charge in [-0.15, -0.1) is 11.3 Å². The van der Waals surface area contributed by atoms with Gasteiger partial charge >= 0.3 is 0 Å². The molecule has 1 aromatic carbocycles. The van der Waals surface area contributed by atoms with E-state index >= 15 is 0 Å². The first-order valence-electron chi connectivity index (χ1n) is 6.76. The molecular weight excluding hydrogens is 336 g/mol. The molecule has 106 valence electrons. The summed E-state index contributed by atoms with van der Waals surface area (Å²) in [6.45, 7) is 3.43. The van der Waals surface area contributed by atoms with Gasteiger partial charge in [0, 0.05) is 28.1 Å². The normalized spacial score (nSPS) is 14.5. The van der Waals surface area contributed by atoms with Crippen LogP contribution in [0.4, 0.5) is 0 Å². The van der Waals surface area contributed by atoms with Crippen molar-refractivity contribution in [3.05, 3.63) is 44.3 Å². The second-order valence-electron chi connectivity index (χ2n) is 5.08. The maximum absolute atomic E-state index is 5.82. The molecule has 0 spiro atoms. The van der Waals surface area contributed by atoms with E-state index in [0.29, 0.717) is 12.6 Å². The number of aryl methyl sites for hydroxylation is 1. The Bertz CT molecular complexity index is 595. The predicted molar refractivity (Wildman–Crippen MR) is 85.2 cm³/mol. The van der Waals surface area contributed by atoms with E-state index in [4.69, 9.17) is 4.74 Å². The monoisotopic (exact) mass is 352 g/mol. The van der Waals surface area contributed by atoms with E-state index in [0.717, 1.165) is 27.5 Å². The molecule has 0 radical (unpaired) electrons. The first kappa shape index (κ1) is 14.0. The van der Waals surface area contributed by atoms with Gasteiger partial charge in [0.15, 0.2) is 0 Å². The summed E-state index contributed by atoms with van der Waals surface area (Å²) in [4.78, 5) is 4.41. The quantitative estimate of drug-likeness (QED) is 0.851. The maximum Gasteiger partial charge on any atom is 0.140 e. The number of nitrogens with one attached hydrogen (secondary N) is 1. The van der Waals surface area contributed by atoms with Crippen LogP contribution in [-0.2, 0) is 13.2 Å². The summed E-state index contributed by atoms with van der Waals surface area (Å²) >= 11 is 5.24. The lowest BCUT2D eigenvalue weighted by Gasteiger charge is -2.09. The van der Waals surface area contributed by atoms with Crippen molar-refractivity contribution in [2.75, 3.05) is 0 Å². The molecular formula is C15H17BrN2OS. The number of hydrogen-bond donors (Lipinski definition) is 1. The van der Waals surface area contributed by atoms with Crippen LogP contribution in [0.2, 0.25) is 0 Å². The predicted octanol–water partition coefficient (Wildman–Crippen LogP) is 4.05. The van der Waals surface area contributed by atoms with E-state index in [-0.39, 0.29) is 0 Å². The number of aromatic nitrogens is 1. The Morgan fingerprint density at radius 2 is 2.30 bits per heavy atom. The van der Waals surface area contributed by atoms with Crippen molar-refractivity contribution in [1.82, 2.24) is 10.3 Å². The molecule has 3 rings (SSSR count). The zero-order valence-corrected chi connectivity index (χ0v) is 13.8. The number of hydrogen-bond acceptors (Lipinski definition) is 4. The minimum Gasteiger partial charge on any atom is -0.486 e. The molecule has 0 aliphatic heterocycles. The zero-order chi connectivity index (χ0) is 13.9. The van der Waals surface area contributed by atoms with Gasteiger partial charge in [-0.1, -0.05) is 15.9 Å². The van der Waals surface area contributed by atoms with Gasteiger partial charge in [-0.3, -0.25) is 0 Å². The van der Waals surface area contributed by atoms with E-state index in [1.807, 2.05) is 24.4 Å². The van der Waals surface area contributed by atoms with E-state index in [1.165, 1.54) is 18.4 Å². The molecule has 1 N–H and O–H groups in total. The van der Waals surface area contributed by atoms with Crippen molar-refractivity contribution in [3.8, 4) is 5.75 Å². The van der Waals surface area contributed by atoms with E-state index in [1.54, 1.807) is 11.3 Å². The largest absolute Gasteiger partial charge is 0.486 e. The van der Waals surface area contributed by atoms with E-state index in [9.17, 15) is 0 Å². The van der Waals surface area contributed by atoms with Gasteiger partial charge in [-0.05, 0) is 43.5 Å². The van der Waals surface area contributed by atoms with Gasteiger partial charge in [-0.25, -0.2) is 4.98 Å². The van der Waals surface area contributed by atoms with Crippen LogP contribution in [0.5, 0.6) is 5.75 Å². The highest BCUT2D eigenvalue weighted by molar-refractivity contribution is 9.10. The van der Waals surface area contributed by atoms with Crippen LogP contribution in [0.3, 0.4) is 0 Å². The minimum absolute atomic E-state index is 0.537. The first-order chi connectivity index (χ1) is 9.70. The topological polar surface area (TPSA) is 34.1 Å². The maximum atomic E-state index is 5.82. The zero-order valence-electron chi connectivity index (χ0n) is 11.4. The number of nitrogens with zero attached hydrogens (tertiary/aromatic N) is 1. The Morgan fingerprint density at radius 1 is 1.45 bits per heavy atom. The highest BCUT2D eigenvalue weighted by Gasteiger charge is 2.20. The van der Waals surface area contributed by atoms with Crippen molar-refractivity contribution >= 4 is 27.3 Å². The molecule has 5 heteroatoms. The number of ether oxygens (including phenoxy) is 1. The third-order valence-electron chi connectivity index (χ3n) is 3.20. The standard InChI is InChI=1S/C15H17BrN2OS/c1-10-9-20-15(18-10)8-19-13-4-5-14(16)11(6-13)7-17-12-2-3-12/h4-6,9,12,17H,2-3,7-8H2,1H3. The first-order valence-corrected chi connectivity index (χ1v) is 8.43. The summed E-state index contributed by atoms with van der Waals surface area (Å²) in [6, 6.07) is 6.85. The summed E-state index contributed by atoms with van der Waals surface area (Å²) in [5, 5.41) is 6.59. The Hall–Kier alpha value is -0.910. The average molecular weight is 353 g/mol. The van der Waals surface area contributed by atoms with Gasteiger partial charge in [0.25, 0.3) is 0 Å². The van der Waals surface area contributed by atoms with Crippen LogP contribution < -0.4 is 10.1 Å². The number of thiazole rings is 1. The Balaban J connectivity index is 1.61. The van der Waals surface area contributed by atoms with Gasteiger partial charge < -0.3 is 10.1 Å². The van der Waals surface area contributed by atoms with Crippen molar-refractivity contribution in [2.24, 2.45) is 0 Å². The van der Waals surface area contributed by atoms with Gasteiger partial charge in [0.05, 0.1) is 0 Å². The van der Waals surface area contributed by atoms with Crippen molar-refractivity contribution in [1.29, 1.82) is 0 Å². The van der Waals surface area contributed by atoms with Gasteiger partial charge in [-0.2, -0.15) is 0 Å². The molecule has 1 aliphatic carbocycles. The van der Waals surface area contributed by atoms with Gasteiger partial charge in [0.1, 0.15) is 17.4 Å². The summed E-state index contributed by atoms with van der Waals surface area (Å²) in [6.07, 6.45) is 2.61. The van der Waals surface area contributed by atoms with Crippen LogP contribution in [0.15, 0.2) is 28.1 Å². The molecule has 2 aromatic rings. The highest BCUT2D eigenvalue weighted by Crippen LogP contribution is 2.25. The molecule has 0 atom stereocenters. The molecule has 1 saturated carbocycles. The fourth-order valence-electron chi connectivity index (χ4n) is 1.93. The SMILES string of the molecule is Cc1csc(COc2ccc(Br)c(CNC3CC3)c2)n1. The molecule has 3 nitrogen and oxygen atoms in total. The average Bonchev–Trinajstić information content (AvgIpc) is 3.18. The van der Waals surface area contributed by atoms with E-state index < -0.39 is 0 Å². The van der Waals surface area contributed by atoms with Crippen LogP contribution in [0.1, 0.15) is 29.1 Å². The smallest absolute Gasteiger partial charge is 0.140 e. The lowest BCUT2D eigenvalue weighted by molar-refractivity contribution is 0.305. The summed E-state index contributed by atoms with van der Waals surface area (Å²) < 4.78 is 6.95. The third kappa shape index (κ3) is 3.81. The molecule has 20 heavy (non-hydrogen) atoms. The molecule has 1 heterocycles. The van der Waals surface area contributed by atoms with Crippen LogP contribution in [0, 0.1) is 6.92 Å². The van der Waals surface area contributed by atoms with Crippen LogP contribution >= 0.6 is 27.3 Å². The van der Waals surface area contributed by atoms with Crippen LogP contribution in [-0.4, -0.2) is 11.0 Å². The third-order valence-corrected chi connectivity index (χ3v) is 4.92. The number of halogens is 1. The number of benzene rings is 1. The fraction of sp³-hybridized carbons (Fsp3) is 0.400. The van der Waals surface area contributed by atoms with E-state index in [2.05, 4.69) is 32.3 Å². The fourth-order valence-corrected chi connectivity index (χ4v) is 3.00. The minimum atomic E-state index is 0.537.